The molecule has 2 rings (SSSR count). The molecule has 0 fully saturated rings. The maximum Gasteiger partial charge on any atom is 0.415 e. The van der Waals surface area contributed by atoms with Gasteiger partial charge in [-0.3, -0.25) is 15.1 Å². The number of nitro benzene ring substituents is 1. The molecule has 5 nitrogen and oxygen atoms in total. The van der Waals surface area contributed by atoms with E-state index in [1.807, 2.05) is 0 Å². The second-order valence-corrected chi connectivity index (χ2v) is 4.69. The highest BCUT2D eigenvalue weighted by Crippen LogP contribution is 2.28. The van der Waals surface area contributed by atoms with Gasteiger partial charge in [0.1, 0.15) is 5.84 Å². The number of amidine groups is 1. The van der Waals surface area contributed by atoms with Crippen LogP contribution in [-0.4, -0.2) is 33.6 Å². The molecule has 0 amide bonds. The Hall–Kier alpha value is -2.16. The lowest BCUT2D eigenvalue weighted by Crippen LogP contribution is -2.41. The molecule has 1 aliphatic rings. The number of halogens is 3. The van der Waals surface area contributed by atoms with Crippen molar-refractivity contribution in [2.45, 2.75) is 19.1 Å². The second-order valence-electron chi connectivity index (χ2n) is 4.25. The van der Waals surface area contributed by atoms with E-state index in [1.54, 1.807) is 0 Å². The van der Waals surface area contributed by atoms with Crippen LogP contribution in [0.5, 0.6) is 0 Å². The summed E-state index contributed by atoms with van der Waals surface area (Å²) in [5.41, 5.74) is 0.0858. The van der Waals surface area contributed by atoms with Gasteiger partial charge in [0.25, 0.3) is 5.69 Å². The van der Waals surface area contributed by atoms with Crippen LogP contribution in [0.4, 0.5) is 18.9 Å². The van der Waals surface area contributed by atoms with Gasteiger partial charge in [0, 0.05) is 17.7 Å². The number of benzene rings is 1. The van der Waals surface area contributed by atoms with E-state index in [0.29, 0.717) is 0 Å². The maximum absolute atomic E-state index is 12.9. The van der Waals surface area contributed by atoms with E-state index in [9.17, 15) is 23.3 Å². The second kappa shape index (κ2) is 5.32. The fourth-order valence-electron chi connectivity index (χ4n) is 1.79. The van der Waals surface area contributed by atoms with E-state index >= 15 is 0 Å². The van der Waals surface area contributed by atoms with Crippen molar-refractivity contribution in [2.24, 2.45) is 9.98 Å². The van der Waals surface area contributed by atoms with E-state index in [4.69, 9.17) is 12.2 Å². The third kappa shape index (κ3) is 3.13. The summed E-state index contributed by atoms with van der Waals surface area (Å²) in [5.74, 6) is -0.0423. The quantitative estimate of drug-likeness (QED) is 0.478. The first-order valence-corrected chi connectivity index (χ1v) is 6.10. The van der Waals surface area contributed by atoms with Gasteiger partial charge < -0.3 is 0 Å². The number of nitrogens with zero attached hydrogens (tertiary/aromatic N) is 3. The molecule has 0 saturated heterocycles. The summed E-state index contributed by atoms with van der Waals surface area (Å²) in [6.07, 6.45) is -4.60. The minimum Gasteiger partial charge on any atom is -0.258 e. The van der Waals surface area contributed by atoms with Crippen LogP contribution in [0.25, 0.3) is 0 Å². The first kappa shape index (κ1) is 15.2. The molecule has 0 bridgehead atoms. The topological polar surface area (TPSA) is 67.9 Å². The molecular formula is C12H8F3N3O2S. The average Bonchev–Trinajstić information content (AvgIpc) is 2.40. The first-order chi connectivity index (χ1) is 9.70. The fourth-order valence-corrected chi connectivity index (χ4v) is 2.14. The Balaban J connectivity index is 2.41. The standard InChI is InChI=1S/C12H8F3N3O2S/c1-6-16-9(10(21)11(17-6)12(13,14)15)7-2-4-8(5-3-7)18(19)20/h2-5,11H,1H3. The van der Waals surface area contributed by atoms with Crippen molar-refractivity contribution < 1.29 is 18.1 Å². The summed E-state index contributed by atoms with van der Waals surface area (Å²) in [6.45, 7) is 1.34. The zero-order chi connectivity index (χ0) is 15.8. The van der Waals surface area contributed by atoms with Gasteiger partial charge in [0.05, 0.1) is 15.5 Å². The molecule has 21 heavy (non-hydrogen) atoms. The number of aliphatic imine (C=N–C) groups is 2. The van der Waals surface area contributed by atoms with Crippen LogP contribution in [0.1, 0.15) is 12.5 Å². The molecule has 0 spiro atoms. The van der Waals surface area contributed by atoms with Gasteiger partial charge in [0.15, 0.2) is 6.04 Å². The van der Waals surface area contributed by atoms with Crippen LogP contribution in [0, 0.1) is 10.1 Å². The van der Waals surface area contributed by atoms with Crippen LogP contribution in [0.3, 0.4) is 0 Å². The summed E-state index contributed by atoms with van der Waals surface area (Å²) in [4.78, 5) is 16.9. The summed E-state index contributed by atoms with van der Waals surface area (Å²) in [5, 5.41) is 10.6. The molecule has 9 heteroatoms. The fraction of sp³-hybridized carbons (Fsp3) is 0.250. The van der Waals surface area contributed by atoms with E-state index in [2.05, 4.69) is 9.98 Å². The average molecular weight is 315 g/mol. The van der Waals surface area contributed by atoms with Gasteiger partial charge >= 0.3 is 6.18 Å². The number of thiocarbonyl (C=S) groups is 1. The Kier molecular flexibility index (Phi) is 3.86. The molecule has 0 aromatic heterocycles. The molecule has 0 saturated carbocycles. The van der Waals surface area contributed by atoms with Crippen molar-refractivity contribution in [1.82, 2.24) is 0 Å². The van der Waals surface area contributed by atoms with E-state index in [1.165, 1.54) is 31.2 Å². The SMILES string of the molecule is CC1=NC(C(F)(F)F)C(=S)C(c2ccc([N+](=O)[O-])cc2)=N1. The summed E-state index contributed by atoms with van der Waals surface area (Å²) in [7, 11) is 0. The van der Waals surface area contributed by atoms with E-state index in [-0.39, 0.29) is 22.8 Å². The smallest absolute Gasteiger partial charge is 0.258 e. The van der Waals surface area contributed by atoms with Crippen molar-refractivity contribution in [2.75, 3.05) is 0 Å². The van der Waals surface area contributed by atoms with Crippen LogP contribution < -0.4 is 0 Å². The number of alkyl halides is 3. The largest absolute Gasteiger partial charge is 0.415 e. The highest BCUT2D eigenvalue weighted by atomic mass is 32.1. The van der Waals surface area contributed by atoms with Gasteiger partial charge in [0.2, 0.25) is 0 Å². The van der Waals surface area contributed by atoms with Crippen LogP contribution in [0.15, 0.2) is 34.3 Å². The van der Waals surface area contributed by atoms with Crippen LogP contribution in [0.2, 0.25) is 0 Å². The predicted octanol–water partition coefficient (Wildman–Crippen LogP) is 3.12. The van der Waals surface area contributed by atoms with Crippen molar-refractivity contribution in [1.29, 1.82) is 0 Å². The van der Waals surface area contributed by atoms with E-state index in [0.717, 1.165) is 0 Å². The molecule has 0 radical (unpaired) electrons. The normalized spacial score (nSPS) is 19.0. The molecule has 1 aliphatic heterocycles. The minimum atomic E-state index is -4.60. The highest BCUT2D eigenvalue weighted by Gasteiger charge is 2.45. The highest BCUT2D eigenvalue weighted by molar-refractivity contribution is 7.82. The number of rotatable bonds is 2. The number of non-ortho nitro benzene ring substituents is 1. The van der Waals surface area contributed by atoms with Gasteiger partial charge in [-0.05, 0) is 19.1 Å². The molecule has 1 aromatic carbocycles. The molecule has 1 atom stereocenters. The van der Waals surface area contributed by atoms with Crippen LogP contribution in [-0.2, 0) is 0 Å². The lowest BCUT2D eigenvalue weighted by atomic mass is 10.0. The maximum atomic E-state index is 12.9. The van der Waals surface area contributed by atoms with Gasteiger partial charge in [-0.15, -0.1) is 0 Å². The Labute approximate surface area is 122 Å². The third-order valence-electron chi connectivity index (χ3n) is 2.73. The van der Waals surface area contributed by atoms with Gasteiger partial charge in [-0.2, -0.15) is 13.2 Å². The van der Waals surface area contributed by atoms with Gasteiger partial charge in [-0.25, -0.2) is 4.99 Å². The van der Waals surface area contributed by atoms with E-state index < -0.39 is 22.0 Å². The molecule has 1 unspecified atom stereocenters. The summed E-state index contributed by atoms with van der Waals surface area (Å²) >= 11 is 4.82. The number of nitro groups is 1. The van der Waals surface area contributed by atoms with Crippen molar-refractivity contribution in [3.63, 3.8) is 0 Å². The zero-order valence-electron chi connectivity index (χ0n) is 10.6. The van der Waals surface area contributed by atoms with Crippen molar-refractivity contribution in [3.05, 3.63) is 39.9 Å². The predicted molar refractivity (Wildman–Crippen MR) is 75.2 cm³/mol. The summed E-state index contributed by atoms with van der Waals surface area (Å²) < 4.78 is 38.7. The van der Waals surface area contributed by atoms with Gasteiger partial charge in [-0.1, -0.05) is 12.2 Å². The van der Waals surface area contributed by atoms with Crippen molar-refractivity contribution in [3.8, 4) is 0 Å². The Bertz CT molecular complexity index is 665. The molecule has 0 N–H and O–H groups in total. The minimum absolute atomic E-state index is 0.0327. The molecule has 110 valence electrons. The summed E-state index contributed by atoms with van der Waals surface area (Å²) in [6, 6.07) is 2.88. The zero-order valence-corrected chi connectivity index (χ0v) is 11.4. The monoisotopic (exact) mass is 315 g/mol. The lowest BCUT2D eigenvalue weighted by molar-refractivity contribution is -0.384. The Morgan fingerprint density at radius 3 is 2.33 bits per heavy atom. The molecular weight excluding hydrogens is 307 g/mol. The van der Waals surface area contributed by atoms with Crippen LogP contribution >= 0.6 is 12.2 Å². The Morgan fingerprint density at radius 2 is 1.86 bits per heavy atom. The lowest BCUT2D eigenvalue weighted by Gasteiger charge is -2.22. The first-order valence-electron chi connectivity index (χ1n) is 5.69. The van der Waals surface area contributed by atoms with Crippen molar-refractivity contribution >= 4 is 34.3 Å². The number of hydrogen-bond donors (Lipinski definition) is 0. The third-order valence-corrected chi connectivity index (χ3v) is 3.15. The number of hydrogen-bond acceptors (Lipinski definition) is 5. The molecule has 1 heterocycles. The molecule has 1 aromatic rings. The Morgan fingerprint density at radius 1 is 1.29 bits per heavy atom. The molecule has 0 aliphatic carbocycles.